The fourth-order valence-electron chi connectivity index (χ4n) is 2.18. The number of hydrazine groups is 1. The predicted molar refractivity (Wildman–Crippen MR) is 122 cm³/mol. The van der Waals surface area contributed by atoms with E-state index in [9.17, 15) is 19.7 Å². The molecule has 0 radical (unpaired) electrons. The maximum absolute atomic E-state index is 12.1. The van der Waals surface area contributed by atoms with Gasteiger partial charge in [-0.15, -0.1) is 0 Å². The molecule has 0 aromatic heterocycles. The highest BCUT2D eigenvalue weighted by atomic mass is 79.9. The third-order valence-corrected chi connectivity index (χ3v) is 5.06. The quantitative estimate of drug-likeness (QED) is 0.279. The molecule has 2 aromatic carbocycles. The third-order valence-electron chi connectivity index (χ3n) is 3.49. The minimum Gasteiger partial charge on any atom is -0.482 e. The Labute approximate surface area is 197 Å². The van der Waals surface area contributed by atoms with Crippen LogP contribution in [0.25, 0.3) is 0 Å². The Morgan fingerprint density at radius 1 is 1.23 bits per heavy atom. The van der Waals surface area contributed by atoms with Crippen LogP contribution in [0.3, 0.4) is 0 Å². The summed E-state index contributed by atoms with van der Waals surface area (Å²) in [6.45, 7) is 1.51. The molecule has 13 heteroatoms. The Morgan fingerprint density at radius 2 is 1.93 bits per heavy atom. The molecule has 0 aliphatic heterocycles. The molecule has 2 aromatic rings. The zero-order valence-electron chi connectivity index (χ0n) is 15.1. The van der Waals surface area contributed by atoms with Crippen molar-refractivity contribution in [1.82, 2.24) is 16.2 Å². The molecule has 0 fully saturated rings. The van der Waals surface area contributed by atoms with Crippen molar-refractivity contribution in [3.63, 3.8) is 0 Å². The van der Waals surface area contributed by atoms with Crippen molar-refractivity contribution in [2.24, 2.45) is 0 Å². The number of nitro benzene ring substituents is 1. The Balaban J connectivity index is 1.86. The van der Waals surface area contributed by atoms with Gasteiger partial charge in [0, 0.05) is 16.1 Å². The second-order valence-electron chi connectivity index (χ2n) is 5.70. The first-order chi connectivity index (χ1) is 14.1. The van der Waals surface area contributed by atoms with Crippen molar-refractivity contribution < 1.29 is 19.2 Å². The average molecular weight is 581 g/mol. The molecule has 0 aliphatic rings. The minimum atomic E-state index is -0.711. The lowest BCUT2D eigenvalue weighted by Crippen LogP contribution is -2.49. The molecular formula is C17H13Br2ClN4O5S. The highest BCUT2D eigenvalue weighted by molar-refractivity contribution is 9.11. The van der Waals surface area contributed by atoms with Gasteiger partial charge in [-0.1, -0.05) is 27.5 Å². The molecule has 3 N–H and O–H groups in total. The van der Waals surface area contributed by atoms with Gasteiger partial charge in [0.2, 0.25) is 0 Å². The number of rotatable bonds is 5. The maximum atomic E-state index is 12.1. The van der Waals surface area contributed by atoms with Crippen molar-refractivity contribution in [3.8, 4) is 5.75 Å². The van der Waals surface area contributed by atoms with Gasteiger partial charge < -0.3 is 4.74 Å². The van der Waals surface area contributed by atoms with Crippen LogP contribution in [0.2, 0.25) is 5.02 Å². The lowest BCUT2D eigenvalue weighted by atomic mass is 10.2. The number of hydrogen-bond donors (Lipinski definition) is 3. The van der Waals surface area contributed by atoms with Crippen molar-refractivity contribution in [1.29, 1.82) is 0 Å². The molecule has 30 heavy (non-hydrogen) atoms. The van der Waals surface area contributed by atoms with E-state index in [1.54, 1.807) is 6.07 Å². The van der Waals surface area contributed by atoms with E-state index in [0.717, 1.165) is 16.1 Å². The first-order valence-electron chi connectivity index (χ1n) is 8.01. The zero-order valence-corrected chi connectivity index (χ0v) is 19.9. The van der Waals surface area contributed by atoms with Crippen molar-refractivity contribution in [2.75, 3.05) is 6.61 Å². The summed E-state index contributed by atoms with van der Waals surface area (Å²) in [6.07, 6.45) is 0. The summed E-state index contributed by atoms with van der Waals surface area (Å²) in [7, 11) is 0. The summed E-state index contributed by atoms with van der Waals surface area (Å²) in [5, 5.41) is 12.9. The van der Waals surface area contributed by atoms with Crippen LogP contribution in [0.4, 0.5) is 5.69 Å². The topological polar surface area (TPSA) is 123 Å². The van der Waals surface area contributed by atoms with E-state index >= 15 is 0 Å². The smallest absolute Gasteiger partial charge is 0.288 e. The number of carbonyl (C=O) groups is 2. The van der Waals surface area contributed by atoms with Crippen LogP contribution in [0, 0.1) is 17.0 Å². The van der Waals surface area contributed by atoms with Gasteiger partial charge in [-0.3, -0.25) is 35.9 Å². The third kappa shape index (κ3) is 6.62. The summed E-state index contributed by atoms with van der Waals surface area (Å²) in [5.74, 6) is -0.764. The van der Waals surface area contributed by atoms with Gasteiger partial charge in [0.05, 0.1) is 9.40 Å². The monoisotopic (exact) mass is 578 g/mol. The number of nitro groups is 1. The number of carbonyl (C=O) groups excluding carboxylic acids is 2. The summed E-state index contributed by atoms with van der Waals surface area (Å²) in [5.41, 5.74) is 4.94. The molecule has 0 aliphatic carbocycles. The number of thiocarbonyl (C=S) groups is 1. The Hall–Kier alpha value is -2.28. The minimum absolute atomic E-state index is 0.0216. The molecule has 2 amide bonds. The summed E-state index contributed by atoms with van der Waals surface area (Å²) < 4.78 is 7.03. The van der Waals surface area contributed by atoms with Crippen LogP contribution in [-0.4, -0.2) is 28.5 Å². The van der Waals surface area contributed by atoms with E-state index in [4.69, 9.17) is 28.6 Å². The average Bonchev–Trinajstić information content (AvgIpc) is 2.65. The fourth-order valence-corrected chi connectivity index (χ4v) is 4.09. The van der Waals surface area contributed by atoms with Gasteiger partial charge >= 0.3 is 0 Å². The van der Waals surface area contributed by atoms with E-state index in [1.807, 2.05) is 13.0 Å². The zero-order chi connectivity index (χ0) is 22.4. The van der Waals surface area contributed by atoms with Crippen molar-refractivity contribution in [2.45, 2.75) is 6.92 Å². The molecule has 0 atom stereocenters. The molecule has 0 spiro atoms. The number of halogens is 3. The van der Waals surface area contributed by atoms with Gasteiger partial charge in [-0.2, -0.15) is 0 Å². The van der Waals surface area contributed by atoms with E-state index in [0.29, 0.717) is 10.2 Å². The first kappa shape index (κ1) is 24.0. The number of aryl methyl sites for hydroxylation is 1. The second-order valence-corrected chi connectivity index (χ2v) is 8.29. The van der Waals surface area contributed by atoms with Gasteiger partial charge in [0.15, 0.2) is 11.7 Å². The van der Waals surface area contributed by atoms with Crippen LogP contribution in [0.1, 0.15) is 15.9 Å². The Kier molecular flexibility index (Phi) is 8.53. The second kappa shape index (κ2) is 10.7. The molecule has 0 saturated heterocycles. The number of hydrogen-bond acceptors (Lipinski definition) is 6. The molecule has 2 rings (SSSR count). The van der Waals surface area contributed by atoms with Crippen molar-refractivity contribution in [3.05, 3.63) is 65.5 Å². The lowest BCUT2D eigenvalue weighted by molar-refractivity contribution is -0.384. The van der Waals surface area contributed by atoms with E-state index < -0.39 is 22.4 Å². The van der Waals surface area contributed by atoms with Crippen LogP contribution in [-0.2, 0) is 4.79 Å². The summed E-state index contributed by atoms with van der Waals surface area (Å²) >= 11 is 17.3. The van der Waals surface area contributed by atoms with Crippen LogP contribution in [0.5, 0.6) is 5.75 Å². The van der Waals surface area contributed by atoms with Gasteiger partial charge in [0.1, 0.15) is 10.8 Å². The van der Waals surface area contributed by atoms with Gasteiger partial charge in [-0.25, -0.2) is 0 Å². The number of nitrogens with zero attached hydrogens (tertiary/aromatic N) is 1. The number of benzene rings is 2. The van der Waals surface area contributed by atoms with E-state index in [-0.39, 0.29) is 22.3 Å². The van der Waals surface area contributed by atoms with E-state index in [2.05, 4.69) is 48.0 Å². The number of amides is 2. The molecule has 9 nitrogen and oxygen atoms in total. The van der Waals surface area contributed by atoms with Crippen LogP contribution < -0.4 is 20.9 Å². The fraction of sp³-hybridized carbons (Fsp3) is 0.118. The van der Waals surface area contributed by atoms with E-state index in [1.165, 1.54) is 12.1 Å². The SMILES string of the molecule is Cc1cc(Br)cc(Br)c1OCC(=O)NC(=S)NNC(=O)c1ccc(Cl)c([N+](=O)[O-])c1. The van der Waals surface area contributed by atoms with Crippen LogP contribution in [0.15, 0.2) is 39.3 Å². The normalized spacial score (nSPS) is 10.1. The molecule has 0 heterocycles. The summed E-state index contributed by atoms with van der Waals surface area (Å²) in [4.78, 5) is 34.3. The molecule has 0 saturated carbocycles. The predicted octanol–water partition coefficient (Wildman–Crippen LogP) is 3.80. The van der Waals surface area contributed by atoms with Gasteiger partial charge in [0.25, 0.3) is 17.5 Å². The van der Waals surface area contributed by atoms with Crippen molar-refractivity contribution >= 4 is 78.3 Å². The lowest BCUT2D eigenvalue weighted by Gasteiger charge is -2.13. The highest BCUT2D eigenvalue weighted by Crippen LogP contribution is 2.32. The first-order valence-corrected chi connectivity index (χ1v) is 10.4. The largest absolute Gasteiger partial charge is 0.482 e. The molecule has 158 valence electrons. The van der Waals surface area contributed by atoms with Crippen LogP contribution >= 0.6 is 55.7 Å². The Morgan fingerprint density at radius 3 is 2.57 bits per heavy atom. The molecule has 0 bridgehead atoms. The summed E-state index contributed by atoms with van der Waals surface area (Å²) in [6, 6.07) is 7.17. The van der Waals surface area contributed by atoms with Gasteiger partial charge in [-0.05, 0) is 64.9 Å². The maximum Gasteiger partial charge on any atom is 0.288 e. The molecular weight excluding hydrogens is 568 g/mol. The number of nitrogens with one attached hydrogen (secondary N) is 3. The standard InChI is InChI=1S/C17H13Br2ClN4O5S/c1-8-4-10(18)6-11(19)15(8)29-7-14(25)21-17(30)23-22-16(26)9-2-3-12(20)13(5-9)24(27)28/h2-6H,7H2,1H3,(H,22,26)(H2,21,23,25,30). The Bertz CT molecular complexity index is 1010. The molecule has 0 unspecified atom stereocenters. The number of ether oxygens (including phenoxy) is 1. The highest BCUT2D eigenvalue weighted by Gasteiger charge is 2.17.